The number of esters is 1. The summed E-state index contributed by atoms with van der Waals surface area (Å²) in [5, 5.41) is 10.9. The zero-order chi connectivity index (χ0) is 22.8. The number of carbonyl (C=O) groups excluding carboxylic acids is 1. The van der Waals surface area contributed by atoms with E-state index < -0.39 is 23.7 Å². The highest BCUT2D eigenvalue weighted by Crippen LogP contribution is 2.41. The van der Waals surface area contributed by atoms with Gasteiger partial charge in [0.25, 0.3) is 0 Å². The number of halogens is 3. The van der Waals surface area contributed by atoms with Gasteiger partial charge in [0.15, 0.2) is 11.6 Å². The summed E-state index contributed by atoms with van der Waals surface area (Å²) in [6.07, 6.45) is 0.151. The maximum absolute atomic E-state index is 13.8. The number of cyclic esters (lactones) is 1. The van der Waals surface area contributed by atoms with Crippen LogP contribution in [0.2, 0.25) is 0 Å². The van der Waals surface area contributed by atoms with E-state index in [9.17, 15) is 18.7 Å². The van der Waals surface area contributed by atoms with Crippen molar-refractivity contribution in [2.45, 2.75) is 6.10 Å². The van der Waals surface area contributed by atoms with Crippen LogP contribution in [0.15, 0.2) is 82.5 Å². The molecule has 1 atom stereocenters. The lowest BCUT2D eigenvalue weighted by molar-refractivity contribution is -0.134. The Morgan fingerprint density at radius 2 is 1.69 bits per heavy atom. The lowest BCUT2D eigenvalue weighted by atomic mass is 9.92. The molecule has 1 N–H and O–H groups in total. The van der Waals surface area contributed by atoms with E-state index in [1.807, 2.05) is 0 Å². The van der Waals surface area contributed by atoms with Crippen LogP contribution in [0.1, 0.15) is 22.8 Å². The van der Waals surface area contributed by atoms with Crippen LogP contribution in [0.3, 0.4) is 0 Å². The summed E-state index contributed by atoms with van der Waals surface area (Å²) in [4.78, 5) is 12.8. The molecule has 0 radical (unpaired) electrons. The van der Waals surface area contributed by atoms with Gasteiger partial charge >= 0.3 is 5.97 Å². The number of aliphatic hydroxyl groups excluding tert-OH is 1. The summed E-state index contributed by atoms with van der Waals surface area (Å²) in [6.45, 7) is 0. The van der Waals surface area contributed by atoms with Crippen molar-refractivity contribution in [3.8, 4) is 5.75 Å². The molecule has 0 aromatic heterocycles. The molecule has 4 rings (SSSR count). The van der Waals surface area contributed by atoms with Crippen LogP contribution in [0, 0.1) is 11.6 Å². The second kappa shape index (κ2) is 9.06. The number of carbonyl (C=O) groups is 1. The Kier molecular flexibility index (Phi) is 6.21. The number of aliphatic hydroxyl groups is 1. The van der Waals surface area contributed by atoms with E-state index in [0.29, 0.717) is 16.9 Å². The van der Waals surface area contributed by atoms with Crippen LogP contribution >= 0.6 is 15.9 Å². The van der Waals surface area contributed by atoms with Crippen LogP contribution in [0.25, 0.3) is 11.6 Å². The Balaban J connectivity index is 1.86. The van der Waals surface area contributed by atoms with E-state index in [0.717, 1.165) is 22.2 Å². The van der Waals surface area contributed by atoms with Gasteiger partial charge in [0, 0.05) is 10.0 Å². The topological polar surface area (TPSA) is 55.8 Å². The van der Waals surface area contributed by atoms with Crippen LogP contribution < -0.4 is 4.74 Å². The second-order valence-corrected chi connectivity index (χ2v) is 7.96. The van der Waals surface area contributed by atoms with Crippen molar-refractivity contribution in [1.82, 2.24) is 0 Å². The molecule has 0 amide bonds. The van der Waals surface area contributed by atoms with Crippen molar-refractivity contribution in [2.24, 2.45) is 0 Å². The van der Waals surface area contributed by atoms with Crippen molar-refractivity contribution >= 4 is 33.5 Å². The van der Waals surface area contributed by atoms with Gasteiger partial charge in [0.1, 0.15) is 17.6 Å². The molecule has 3 aromatic carbocycles. The molecule has 0 bridgehead atoms. The predicted molar refractivity (Wildman–Crippen MR) is 119 cm³/mol. The first kappa shape index (κ1) is 21.9. The average molecular weight is 499 g/mol. The number of allylic oxidation sites excluding steroid dienone is 1. The van der Waals surface area contributed by atoms with Crippen molar-refractivity contribution in [3.63, 3.8) is 0 Å². The van der Waals surface area contributed by atoms with Gasteiger partial charge in [-0.25, -0.2) is 13.6 Å². The van der Waals surface area contributed by atoms with Gasteiger partial charge in [0.2, 0.25) is 0 Å². The molecule has 1 aliphatic heterocycles. The standard InChI is InChI=1S/C25H17BrF2O4/c1-31-18-9-2-14(3-10-18)12-21-22(15-4-7-17(26)8-5-15)23(25(30)32-21)24(29)16-6-11-19(27)20(28)13-16/h2-13,24,29H,1H3/b21-12-. The molecule has 1 unspecified atom stereocenters. The first-order valence-corrected chi connectivity index (χ1v) is 10.4. The lowest BCUT2D eigenvalue weighted by Crippen LogP contribution is -2.10. The largest absolute Gasteiger partial charge is 0.497 e. The molecule has 0 fully saturated rings. The van der Waals surface area contributed by atoms with Crippen LogP contribution in [0.5, 0.6) is 5.75 Å². The molecule has 0 aliphatic carbocycles. The van der Waals surface area contributed by atoms with E-state index in [1.54, 1.807) is 61.7 Å². The Morgan fingerprint density at radius 3 is 2.31 bits per heavy atom. The second-order valence-electron chi connectivity index (χ2n) is 7.04. The number of methoxy groups -OCH3 is 1. The molecule has 0 spiro atoms. The Morgan fingerprint density at radius 1 is 1.00 bits per heavy atom. The molecule has 0 saturated heterocycles. The van der Waals surface area contributed by atoms with Gasteiger partial charge < -0.3 is 14.6 Å². The smallest absolute Gasteiger partial charge is 0.343 e. The molecule has 7 heteroatoms. The predicted octanol–water partition coefficient (Wildman–Crippen LogP) is 5.82. The summed E-state index contributed by atoms with van der Waals surface area (Å²) >= 11 is 3.38. The summed E-state index contributed by atoms with van der Waals surface area (Å²) in [5.74, 6) is -2.02. The number of rotatable bonds is 5. The minimum Gasteiger partial charge on any atom is -0.497 e. The van der Waals surface area contributed by atoms with E-state index >= 15 is 0 Å². The Labute approximate surface area is 191 Å². The highest BCUT2D eigenvalue weighted by Gasteiger charge is 2.36. The minimum atomic E-state index is -1.52. The number of benzene rings is 3. The number of hydrogen-bond acceptors (Lipinski definition) is 4. The monoisotopic (exact) mass is 498 g/mol. The van der Waals surface area contributed by atoms with E-state index in [2.05, 4.69) is 15.9 Å². The quantitative estimate of drug-likeness (QED) is 0.450. The van der Waals surface area contributed by atoms with Crippen molar-refractivity contribution < 1.29 is 28.2 Å². The number of hydrogen-bond donors (Lipinski definition) is 1. The molecule has 162 valence electrons. The van der Waals surface area contributed by atoms with Crippen LogP contribution in [-0.4, -0.2) is 18.2 Å². The normalized spacial score (nSPS) is 15.8. The SMILES string of the molecule is COc1ccc(/C=C2\OC(=O)C(C(O)c3ccc(F)c(F)c3)=C2c2ccc(Br)cc2)cc1. The zero-order valence-corrected chi connectivity index (χ0v) is 18.4. The third-order valence-electron chi connectivity index (χ3n) is 5.02. The highest BCUT2D eigenvalue weighted by atomic mass is 79.9. The van der Waals surface area contributed by atoms with Crippen molar-refractivity contribution in [1.29, 1.82) is 0 Å². The lowest BCUT2D eigenvalue weighted by Gasteiger charge is -2.13. The molecule has 32 heavy (non-hydrogen) atoms. The van der Waals surface area contributed by atoms with E-state index in [-0.39, 0.29) is 16.9 Å². The third kappa shape index (κ3) is 4.35. The molecular formula is C25H17BrF2O4. The van der Waals surface area contributed by atoms with Gasteiger partial charge in [-0.1, -0.05) is 46.3 Å². The molecule has 3 aromatic rings. The van der Waals surface area contributed by atoms with E-state index in [1.165, 1.54) is 6.07 Å². The van der Waals surface area contributed by atoms with Crippen molar-refractivity contribution in [3.05, 3.63) is 111 Å². The zero-order valence-electron chi connectivity index (χ0n) is 16.8. The van der Waals surface area contributed by atoms with Gasteiger partial charge in [-0.2, -0.15) is 0 Å². The van der Waals surface area contributed by atoms with Gasteiger partial charge in [-0.15, -0.1) is 0 Å². The van der Waals surface area contributed by atoms with Gasteiger partial charge in [-0.05, 0) is 59.2 Å². The van der Waals surface area contributed by atoms with Gasteiger partial charge in [0.05, 0.1) is 12.7 Å². The highest BCUT2D eigenvalue weighted by molar-refractivity contribution is 9.10. The molecule has 1 heterocycles. The maximum Gasteiger partial charge on any atom is 0.343 e. The molecule has 4 nitrogen and oxygen atoms in total. The minimum absolute atomic E-state index is 0.0381. The maximum atomic E-state index is 13.8. The fraction of sp³-hybridized carbons (Fsp3) is 0.0800. The molecular weight excluding hydrogens is 482 g/mol. The molecule has 0 saturated carbocycles. The third-order valence-corrected chi connectivity index (χ3v) is 5.55. The summed E-state index contributed by atoms with van der Waals surface area (Å²) in [6, 6.07) is 17.2. The Bertz CT molecular complexity index is 1230. The van der Waals surface area contributed by atoms with E-state index in [4.69, 9.17) is 9.47 Å². The van der Waals surface area contributed by atoms with Crippen LogP contribution in [0.4, 0.5) is 8.78 Å². The van der Waals surface area contributed by atoms with Crippen LogP contribution in [-0.2, 0) is 9.53 Å². The fourth-order valence-electron chi connectivity index (χ4n) is 3.41. The van der Waals surface area contributed by atoms with Gasteiger partial charge in [-0.3, -0.25) is 0 Å². The summed E-state index contributed by atoms with van der Waals surface area (Å²) < 4.78 is 38.6. The fourth-order valence-corrected chi connectivity index (χ4v) is 3.67. The first-order valence-electron chi connectivity index (χ1n) is 9.59. The summed E-state index contributed by atoms with van der Waals surface area (Å²) in [5.41, 5.74) is 1.71. The van der Waals surface area contributed by atoms with Crippen molar-refractivity contribution in [2.75, 3.05) is 7.11 Å². The first-order chi connectivity index (χ1) is 15.4. The Hall–Kier alpha value is -3.29. The summed E-state index contributed by atoms with van der Waals surface area (Å²) in [7, 11) is 1.56. The average Bonchev–Trinajstić information content (AvgIpc) is 3.11. The molecule has 1 aliphatic rings. The number of ether oxygens (including phenoxy) is 2.